The van der Waals surface area contributed by atoms with Crippen LogP contribution >= 0.6 is 0 Å². The van der Waals surface area contributed by atoms with Crippen LogP contribution in [-0.4, -0.2) is 29.8 Å². The van der Waals surface area contributed by atoms with Gasteiger partial charge in [-0.25, -0.2) is 0 Å². The van der Waals surface area contributed by atoms with Gasteiger partial charge in [-0.15, -0.1) is 0 Å². The number of nitrogens with zero attached hydrogens (tertiary/aromatic N) is 2. The minimum absolute atomic E-state index is 0.184. The fraction of sp³-hybridized carbons (Fsp3) is 0.500. The summed E-state index contributed by atoms with van der Waals surface area (Å²) in [5, 5.41) is 7.63. The second-order valence-corrected chi connectivity index (χ2v) is 5.76. The predicted molar refractivity (Wildman–Crippen MR) is 77.5 cm³/mol. The van der Waals surface area contributed by atoms with Crippen LogP contribution in [0.4, 0.5) is 0 Å². The third-order valence-electron chi connectivity index (χ3n) is 4.37. The van der Waals surface area contributed by atoms with Crippen molar-refractivity contribution in [1.82, 2.24) is 15.5 Å². The van der Waals surface area contributed by atoms with Crippen LogP contribution in [0.3, 0.4) is 0 Å². The van der Waals surface area contributed by atoms with Gasteiger partial charge in [0.1, 0.15) is 5.75 Å². The summed E-state index contributed by atoms with van der Waals surface area (Å²) in [6.07, 6.45) is 3.19. The molecule has 2 aromatic rings. The summed E-state index contributed by atoms with van der Waals surface area (Å²) in [6.45, 7) is 2.73. The van der Waals surface area contributed by atoms with Crippen LogP contribution < -0.4 is 10.1 Å². The number of ether oxygens (including phenoxy) is 1. The fourth-order valence-corrected chi connectivity index (χ4v) is 3.23. The summed E-state index contributed by atoms with van der Waals surface area (Å²) >= 11 is 0. The molecule has 5 nitrogen and oxygen atoms in total. The van der Waals surface area contributed by atoms with E-state index in [0.29, 0.717) is 12.5 Å². The molecule has 0 amide bonds. The second kappa shape index (κ2) is 5.48. The van der Waals surface area contributed by atoms with E-state index in [2.05, 4.69) is 21.5 Å². The third-order valence-corrected chi connectivity index (χ3v) is 4.37. The lowest BCUT2D eigenvalue weighted by Crippen LogP contribution is -2.28. The number of hydrogen-bond acceptors (Lipinski definition) is 5. The Bertz CT molecular complexity index is 619. The first-order chi connectivity index (χ1) is 10.4. The summed E-state index contributed by atoms with van der Waals surface area (Å²) in [5.74, 6) is 3.06. The van der Waals surface area contributed by atoms with E-state index in [-0.39, 0.29) is 5.92 Å². The van der Waals surface area contributed by atoms with Gasteiger partial charge in [-0.1, -0.05) is 23.4 Å². The number of piperidine rings is 1. The Labute approximate surface area is 123 Å². The molecule has 2 atom stereocenters. The Morgan fingerprint density at radius 3 is 3.05 bits per heavy atom. The number of para-hydroxylation sites is 1. The van der Waals surface area contributed by atoms with E-state index >= 15 is 0 Å². The number of benzene rings is 1. The van der Waals surface area contributed by atoms with Crippen molar-refractivity contribution in [3.63, 3.8) is 0 Å². The minimum Gasteiger partial charge on any atom is -0.493 e. The summed E-state index contributed by atoms with van der Waals surface area (Å²) in [4.78, 5) is 4.68. The van der Waals surface area contributed by atoms with E-state index in [1.807, 2.05) is 18.2 Å². The van der Waals surface area contributed by atoms with Gasteiger partial charge in [-0.3, -0.25) is 0 Å². The Morgan fingerprint density at radius 1 is 1.19 bits per heavy atom. The summed E-state index contributed by atoms with van der Waals surface area (Å²) in [6, 6.07) is 8.13. The first kappa shape index (κ1) is 12.8. The van der Waals surface area contributed by atoms with Crippen molar-refractivity contribution in [2.24, 2.45) is 0 Å². The van der Waals surface area contributed by atoms with Gasteiger partial charge < -0.3 is 14.6 Å². The van der Waals surface area contributed by atoms with Gasteiger partial charge in [0.05, 0.1) is 18.4 Å². The molecule has 1 N–H and O–H groups in total. The number of nitrogens with one attached hydrogen (secondary N) is 1. The summed E-state index contributed by atoms with van der Waals surface area (Å²) in [7, 11) is 0. The maximum Gasteiger partial charge on any atom is 0.231 e. The zero-order chi connectivity index (χ0) is 14.1. The molecular weight excluding hydrogens is 266 g/mol. The second-order valence-electron chi connectivity index (χ2n) is 5.76. The van der Waals surface area contributed by atoms with E-state index in [1.165, 1.54) is 6.42 Å². The van der Waals surface area contributed by atoms with Crippen LogP contribution in [0.25, 0.3) is 0 Å². The first-order valence-corrected chi connectivity index (χ1v) is 7.68. The first-order valence-electron chi connectivity index (χ1n) is 7.68. The molecule has 1 fully saturated rings. The van der Waals surface area contributed by atoms with Crippen molar-refractivity contribution >= 4 is 0 Å². The van der Waals surface area contributed by atoms with Gasteiger partial charge >= 0.3 is 0 Å². The van der Waals surface area contributed by atoms with Crippen LogP contribution in [0.2, 0.25) is 0 Å². The molecular formula is C16H19N3O2. The Kier molecular flexibility index (Phi) is 3.35. The lowest BCUT2D eigenvalue weighted by Gasteiger charge is -2.23. The molecule has 0 spiro atoms. The van der Waals surface area contributed by atoms with Gasteiger partial charge in [-0.05, 0) is 31.9 Å². The lowest BCUT2D eigenvalue weighted by atomic mass is 9.92. The summed E-state index contributed by atoms with van der Waals surface area (Å²) < 4.78 is 11.2. The van der Waals surface area contributed by atoms with E-state index in [9.17, 15) is 0 Å². The number of fused-ring (bicyclic) bond motifs is 1. The SMILES string of the molecule is c1ccc2c(c1)OCCC2c1noc(C2CCCNC2)n1. The van der Waals surface area contributed by atoms with Crippen LogP contribution in [0.15, 0.2) is 28.8 Å². The highest BCUT2D eigenvalue weighted by molar-refractivity contribution is 5.40. The maximum atomic E-state index is 5.70. The molecule has 0 saturated carbocycles. The Hall–Kier alpha value is -1.88. The Balaban J connectivity index is 1.61. The molecule has 3 heterocycles. The third kappa shape index (κ3) is 2.42. The average Bonchev–Trinajstić information content (AvgIpc) is 3.05. The van der Waals surface area contributed by atoms with Gasteiger partial charge in [0.25, 0.3) is 0 Å². The van der Waals surface area contributed by atoms with Crippen molar-refractivity contribution in [3.05, 3.63) is 41.5 Å². The van der Waals surface area contributed by atoms with Crippen LogP contribution in [0.1, 0.15) is 48.4 Å². The van der Waals surface area contributed by atoms with E-state index < -0.39 is 0 Å². The minimum atomic E-state index is 0.184. The van der Waals surface area contributed by atoms with Crippen molar-refractivity contribution < 1.29 is 9.26 Å². The number of aromatic nitrogens is 2. The highest BCUT2D eigenvalue weighted by Gasteiger charge is 2.29. The Morgan fingerprint density at radius 2 is 2.14 bits per heavy atom. The van der Waals surface area contributed by atoms with Gasteiger partial charge in [0.15, 0.2) is 5.82 Å². The quantitative estimate of drug-likeness (QED) is 0.918. The molecule has 21 heavy (non-hydrogen) atoms. The molecule has 1 aromatic heterocycles. The normalized spacial score (nSPS) is 25.1. The molecule has 110 valence electrons. The van der Waals surface area contributed by atoms with Crippen LogP contribution in [-0.2, 0) is 0 Å². The number of rotatable bonds is 2. The zero-order valence-electron chi connectivity index (χ0n) is 11.9. The molecule has 2 aliphatic heterocycles. The molecule has 2 unspecified atom stereocenters. The van der Waals surface area contributed by atoms with Crippen LogP contribution in [0.5, 0.6) is 5.75 Å². The largest absolute Gasteiger partial charge is 0.493 e. The molecule has 4 rings (SSSR count). The van der Waals surface area contributed by atoms with Crippen molar-refractivity contribution in [1.29, 1.82) is 0 Å². The van der Waals surface area contributed by atoms with Crippen molar-refractivity contribution in [2.45, 2.75) is 31.1 Å². The van der Waals surface area contributed by atoms with Gasteiger partial charge in [0, 0.05) is 12.1 Å². The van der Waals surface area contributed by atoms with Gasteiger partial charge in [0.2, 0.25) is 5.89 Å². The molecule has 2 aliphatic rings. The molecule has 0 bridgehead atoms. The smallest absolute Gasteiger partial charge is 0.231 e. The molecule has 0 radical (unpaired) electrons. The monoisotopic (exact) mass is 285 g/mol. The summed E-state index contributed by atoms with van der Waals surface area (Å²) in [5.41, 5.74) is 1.16. The molecule has 1 aromatic carbocycles. The van der Waals surface area contributed by atoms with Crippen LogP contribution in [0, 0.1) is 0 Å². The maximum absolute atomic E-state index is 5.70. The van der Waals surface area contributed by atoms with E-state index in [1.54, 1.807) is 0 Å². The highest BCUT2D eigenvalue weighted by Crippen LogP contribution is 2.37. The van der Waals surface area contributed by atoms with Gasteiger partial charge in [-0.2, -0.15) is 4.98 Å². The fourth-order valence-electron chi connectivity index (χ4n) is 3.23. The zero-order valence-corrected chi connectivity index (χ0v) is 11.9. The topological polar surface area (TPSA) is 60.2 Å². The molecule has 5 heteroatoms. The predicted octanol–water partition coefficient (Wildman–Crippen LogP) is 2.45. The van der Waals surface area contributed by atoms with Crippen molar-refractivity contribution in [3.8, 4) is 5.75 Å². The molecule has 1 saturated heterocycles. The number of hydrogen-bond donors (Lipinski definition) is 1. The van der Waals surface area contributed by atoms with Crippen molar-refractivity contribution in [2.75, 3.05) is 19.7 Å². The van der Waals surface area contributed by atoms with E-state index in [4.69, 9.17) is 9.26 Å². The molecule has 0 aliphatic carbocycles. The standard InChI is InChI=1S/C16H19N3O2/c1-2-6-14-12(5-1)13(7-9-20-14)15-18-16(21-19-15)11-4-3-8-17-10-11/h1-2,5-6,11,13,17H,3-4,7-10H2. The highest BCUT2D eigenvalue weighted by atomic mass is 16.5. The lowest BCUT2D eigenvalue weighted by molar-refractivity contribution is 0.271. The van der Waals surface area contributed by atoms with E-state index in [0.717, 1.165) is 49.0 Å². The average molecular weight is 285 g/mol.